The lowest BCUT2D eigenvalue weighted by atomic mass is 9.78. The maximum absolute atomic E-state index is 3.36. The summed E-state index contributed by atoms with van der Waals surface area (Å²) in [7, 11) is 2.32. The van der Waals surface area contributed by atoms with Crippen molar-refractivity contribution in [2.75, 3.05) is 20.1 Å². The lowest BCUT2D eigenvalue weighted by Gasteiger charge is -2.45. The van der Waals surface area contributed by atoms with Crippen LogP contribution in [-0.4, -0.2) is 37.1 Å². The Bertz CT molecular complexity index is 189. The quantitative estimate of drug-likeness (QED) is 0.723. The molecular formula is C12H24N2. The number of likely N-dealkylation sites (N-methyl/N-ethyl adjacent to an activating group) is 1. The van der Waals surface area contributed by atoms with E-state index in [2.05, 4.69) is 31.1 Å². The van der Waals surface area contributed by atoms with Crippen molar-refractivity contribution in [3.63, 3.8) is 0 Å². The second kappa shape index (κ2) is 4.19. The molecule has 0 aromatic heterocycles. The van der Waals surface area contributed by atoms with Crippen LogP contribution in [0.4, 0.5) is 0 Å². The summed E-state index contributed by atoms with van der Waals surface area (Å²) >= 11 is 0. The van der Waals surface area contributed by atoms with Crippen LogP contribution >= 0.6 is 0 Å². The van der Waals surface area contributed by atoms with Gasteiger partial charge in [0.15, 0.2) is 0 Å². The highest BCUT2D eigenvalue weighted by molar-refractivity contribution is 4.90. The minimum atomic E-state index is 0.816. The van der Waals surface area contributed by atoms with Gasteiger partial charge in [0.25, 0.3) is 0 Å². The molecule has 1 saturated carbocycles. The lowest BCUT2D eigenvalue weighted by Crippen LogP contribution is -2.60. The molecule has 1 N–H and O–H groups in total. The molecule has 0 spiro atoms. The predicted molar refractivity (Wildman–Crippen MR) is 60.4 cm³/mol. The fourth-order valence-electron chi connectivity index (χ4n) is 3.09. The fraction of sp³-hybridized carbons (Fsp3) is 1.00. The third kappa shape index (κ3) is 1.96. The molecule has 3 atom stereocenters. The molecule has 2 aliphatic rings. The molecule has 0 amide bonds. The summed E-state index contributed by atoms with van der Waals surface area (Å²) in [4.78, 5) is 2.63. The molecule has 1 saturated heterocycles. The highest BCUT2D eigenvalue weighted by Gasteiger charge is 2.33. The standard InChI is InChI=1S/C12H24N2/c1-9-4-5-12(10(2)6-9)14(3)11-7-13-8-11/h9-13H,4-8H2,1-3H3. The summed E-state index contributed by atoms with van der Waals surface area (Å²) < 4.78 is 0. The van der Waals surface area contributed by atoms with Crippen LogP contribution < -0.4 is 5.32 Å². The van der Waals surface area contributed by atoms with Gasteiger partial charge in [-0.15, -0.1) is 0 Å². The molecule has 2 nitrogen and oxygen atoms in total. The molecule has 2 rings (SSSR count). The van der Waals surface area contributed by atoms with Gasteiger partial charge in [0.2, 0.25) is 0 Å². The van der Waals surface area contributed by atoms with Crippen molar-refractivity contribution in [3.8, 4) is 0 Å². The summed E-state index contributed by atoms with van der Waals surface area (Å²) in [5.41, 5.74) is 0. The highest BCUT2D eigenvalue weighted by Crippen LogP contribution is 2.32. The van der Waals surface area contributed by atoms with E-state index in [4.69, 9.17) is 0 Å². The molecule has 1 aliphatic heterocycles. The van der Waals surface area contributed by atoms with Crippen molar-refractivity contribution in [2.45, 2.75) is 45.2 Å². The monoisotopic (exact) mass is 196 g/mol. The normalized spacial score (nSPS) is 39.9. The van der Waals surface area contributed by atoms with Crippen molar-refractivity contribution in [1.82, 2.24) is 10.2 Å². The fourth-order valence-corrected chi connectivity index (χ4v) is 3.09. The SMILES string of the molecule is CC1CCC(N(C)C2CNC2)C(C)C1. The van der Waals surface area contributed by atoms with Gasteiger partial charge in [-0.25, -0.2) is 0 Å². The van der Waals surface area contributed by atoms with Gasteiger partial charge >= 0.3 is 0 Å². The first-order valence-corrected chi connectivity index (χ1v) is 6.11. The van der Waals surface area contributed by atoms with Crippen molar-refractivity contribution in [3.05, 3.63) is 0 Å². The Hall–Kier alpha value is -0.0800. The zero-order chi connectivity index (χ0) is 10.1. The van der Waals surface area contributed by atoms with Crippen LogP contribution in [0.2, 0.25) is 0 Å². The molecular weight excluding hydrogens is 172 g/mol. The second-order valence-electron chi connectivity index (χ2n) is 5.44. The average molecular weight is 196 g/mol. The lowest BCUT2D eigenvalue weighted by molar-refractivity contribution is 0.0582. The van der Waals surface area contributed by atoms with Gasteiger partial charge in [-0.3, -0.25) is 4.90 Å². The minimum Gasteiger partial charge on any atom is -0.314 e. The van der Waals surface area contributed by atoms with Crippen LogP contribution in [-0.2, 0) is 0 Å². The average Bonchev–Trinajstić information content (AvgIpc) is 2.00. The molecule has 82 valence electrons. The molecule has 3 unspecified atom stereocenters. The summed E-state index contributed by atoms with van der Waals surface area (Å²) in [6, 6.07) is 1.66. The van der Waals surface area contributed by atoms with E-state index in [9.17, 15) is 0 Å². The topological polar surface area (TPSA) is 15.3 Å². The van der Waals surface area contributed by atoms with Crippen molar-refractivity contribution in [1.29, 1.82) is 0 Å². The van der Waals surface area contributed by atoms with E-state index in [0.29, 0.717) is 0 Å². The van der Waals surface area contributed by atoms with E-state index in [0.717, 1.165) is 23.9 Å². The van der Waals surface area contributed by atoms with Gasteiger partial charge in [0, 0.05) is 25.2 Å². The molecule has 0 aromatic carbocycles. The number of rotatable bonds is 2. The molecule has 0 aromatic rings. The highest BCUT2D eigenvalue weighted by atomic mass is 15.2. The zero-order valence-corrected chi connectivity index (χ0v) is 9.79. The van der Waals surface area contributed by atoms with E-state index in [-0.39, 0.29) is 0 Å². The van der Waals surface area contributed by atoms with Gasteiger partial charge in [-0.1, -0.05) is 13.8 Å². The number of nitrogens with zero attached hydrogens (tertiary/aromatic N) is 1. The smallest absolute Gasteiger partial charge is 0.0345 e. The molecule has 1 heterocycles. The Morgan fingerprint density at radius 1 is 1.14 bits per heavy atom. The number of hydrogen-bond acceptors (Lipinski definition) is 2. The van der Waals surface area contributed by atoms with E-state index in [1.165, 1.54) is 32.4 Å². The Labute approximate surface area is 88.1 Å². The Kier molecular flexibility index (Phi) is 3.13. The number of hydrogen-bond donors (Lipinski definition) is 1. The maximum Gasteiger partial charge on any atom is 0.0345 e. The summed E-state index contributed by atoms with van der Waals surface area (Å²) in [5.74, 6) is 1.85. The molecule has 0 radical (unpaired) electrons. The van der Waals surface area contributed by atoms with E-state index < -0.39 is 0 Å². The van der Waals surface area contributed by atoms with E-state index in [1.54, 1.807) is 0 Å². The molecule has 2 heteroatoms. The summed E-state index contributed by atoms with van der Waals surface area (Å²) in [6.45, 7) is 7.24. The minimum absolute atomic E-state index is 0.816. The van der Waals surface area contributed by atoms with Crippen LogP contribution in [0.15, 0.2) is 0 Å². The van der Waals surface area contributed by atoms with Gasteiger partial charge in [-0.2, -0.15) is 0 Å². The van der Waals surface area contributed by atoms with Crippen LogP contribution in [0.5, 0.6) is 0 Å². The molecule has 14 heavy (non-hydrogen) atoms. The first-order valence-electron chi connectivity index (χ1n) is 6.11. The third-order valence-electron chi connectivity index (χ3n) is 4.25. The zero-order valence-electron chi connectivity index (χ0n) is 9.79. The van der Waals surface area contributed by atoms with Crippen molar-refractivity contribution < 1.29 is 0 Å². The van der Waals surface area contributed by atoms with Gasteiger partial charge in [0.05, 0.1) is 0 Å². The van der Waals surface area contributed by atoms with Crippen LogP contribution in [0.25, 0.3) is 0 Å². The summed E-state index contributed by atoms with van der Waals surface area (Å²) in [5, 5.41) is 3.36. The van der Waals surface area contributed by atoms with Gasteiger partial charge in [0.1, 0.15) is 0 Å². The van der Waals surface area contributed by atoms with Crippen LogP contribution in [0.3, 0.4) is 0 Å². The number of nitrogens with one attached hydrogen (secondary N) is 1. The van der Waals surface area contributed by atoms with Crippen LogP contribution in [0, 0.1) is 11.8 Å². The first kappa shape index (κ1) is 10.4. The molecule has 1 aliphatic carbocycles. The Morgan fingerprint density at radius 3 is 2.36 bits per heavy atom. The van der Waals surface area contributed by atoms with E-state index in [1.807, 2.05) is 0 Å². The summed E-state index contributed by atoms with van der Waals surface area (Å²) in [6.07, 6.45) is 4.27. The largest absolute Gasteiger partial charge is 0.314 e. The molecule has 0 bridgehead atoms. The van der Waals surface area contributed by atoms with Gasteiger partial charge < -0.3 is 5.32 Å². The van der Waals surface area contributed by atoms with Crippen LogP contribution in [0.1, 0.15) is 33.1 Å². The predicted octanol–water partition coefficient (Wildman–Crippen LogP) is 1.71. The maximum atomic E-state index is 3.36. The second-order valence-corrected chi connectivity index (χ2v) is 5.44. The Balaban J connectivity index is 1.89. The van der Waals surface area contributed by atoms with Crippen molar-refractivity contribution in [2.24, 2.45) is 11.8 Å². The first-order chi connectivity index (χ1) is 6.68. The van der Waals surface area contributed by atoms with E-state index >= 15 is 0 Å². The van der Waals surface area contributed by atoms with Crippen molar-refractivity contribution >= 4 is 0 Å². The molecule has 2 fully saturated rings. The third-order valence-corrected chi connectivity index (χ3v) is 4.25. The van der Waals surface area contributed by atoms with Gasteiger partial charge in [-0.05, 0) is 38.1 Å². The Morgan fingerprint density at radius 2 is 1.86 bits per heavy atom.